The first-order valence-electron chi connectivity index (χ1n) is 12.4. The summed E-state index contributed by atoms with van der Waals surface area (Å²) in [5, 5.41) is 11.7. The van der Waals surface area contributed by atoms with Crippen LogP contribution in [0.1, 0.15) is 31.9 Å². The molecule has 0 radical (unpaired) electrons. The quantitative estimate of drug-likeness (QED) is 0.185. The van der Waals surface area contributed by atoms with E-state index in [0.717, 1.165) is 39.0 Å². The number of pyridine rings is 1. The molecule has 0 N–H and O–H groups in total. The summed E-state index contributed by atoms with van der Waals surface area (Å²) in [4.78, 5) is 9.13. The second-order valence-corrected chi connectivity index (χ2v) is 10.3. The van der Waals surface area contributed by atoms with E-state index in [2.05, 4.69) is 54.6 Å². The van der Waals surface area contributed by atoms with Gasteiger partial charge in [-0.3, -0.25) is 4.98 Å². The fourth-order valence-corrected chi connectivity index (χ4v) is 4.75. The molecule has 0 saturated heterocycles. The minimum Gasteiger partial charge on any atom is -0.503 e. The largest absolute Gasteiger partial charge is 2.00 e. The predicted octanol–water partition coefficient (Wildman–Crippen LogP) is 7.14. The molecule has 39 heavy (non-hydrogen) atoms. The molecule has 0 fully saturated rings. The number of imidazole rings is 1. The van der Waals surface area contributed by atoms with Crippen LogP contribution in [0.3, 0.4) is 0 Å². The van der Waals surface area contributed by atoms with Gasteiger partial charge in [-0.15, -0.1) is 41.3 Å². The number of fused-ring (bicyclic) bond motifs is 3. The Labute approximate surface area is 241 Å². The Morgan fingerprint density at radius 1 is 0.923 bits per heavy atom. The maximum atomic E-state index is 9.88. The van der Waals surface area contributed by atoms with Crippen LogP contribution < -0.4 is 4.74 Å². The first-order chi connectivity index (χ1) is 18.3. The maximum Gasteiger partial charge on any atom is 2.00 e. The Kier molecular flexibility index (Phi) is 6.88. The number of hydrogen-bond donors (Lipinski definition) is 0. The molecule has 0 aliphatic rings. The summed E-state index contributed by atoms with van der Waals surface area (Å²) in [7, 11) is 1.95. The average molecular weight is 691 g/mol. The summed E-state index contributed by atoms with van der Waals surface area (Å²) in [5.74, 6) is 2.68. The number of aryl methyl sites for hydroxylation is 1. The van der Waals surface area contributed by atoms with Crippen LogP contribution in [0.15, 0.2) is 79.3 Å². The van der Waals surface area contributed by atoms with E-state index in [0.29, 0.717) is 17.1 Å². The van der Waals surface area contributed by atoms with Gasteiger partial charge in [0.1, 0.15) is 5.82 Å². The molecule has 0 aliphatic carbocycles. The number of nitrogens with zero attached hydrogens (tertiary/aromatic N) is 5. The SMILES string of the molecule is Cn1ccnc1-c1[c-]c(Oc2[c-]c3c(cc2)c2c(C#N)cccc2n3-c2cc(C(C)(C)C)ccn2)ccc1.[Pt+2]. The van der Waals surface area contributed by atoms with Crippen LogP contribution in [-0.2, 0) is 33.5 Å². The second-order valence-electron chi connectivity index (χ2n) is 10.3. The van der Waals surface area contributed by atoms with Gasteiger partial charge < -0.3 is 13.9 Å². The molecule has 0 saturated carbocycles. The molecule has 194 valence electrons. The van der Waals surface area contributed by atoms with Crippen molar-refractivity contribution in [2.75, 3.05) is 0 Å². The molecule has 0 amide bonds. The van der Waals surface area contributed by atoms with Gasteiger partial charge >= 0.3 is 21.1 Å². The van der Waals surface area contributed by atoms with E-state index in [9.17, 15) is 5.26 Å². The predicted molar refractivity (Wildman–Crippen MR) is 148 cm³/mol. The monoisotopic (exact) mass is 690 g/mol. The van der Waals surface area contributed by atoms with E-state index in [1.165, 1.54) is 5.56 Å². The van der Waals surface area contributed by atoms with Crippen molar-refractivity contribution in [1.29, 1.82) is 5.26 Å². The molecule has 6 nitrogen and oxygen atoms in total. The third-order valence-electron chi connectivity index (χ3n) is 6.69. The summed E-state index contributed by atoms with van der Waals surface area (Å²) in [6.07, 6.45) is 5.49. The maximum absolute atomic E-state index is 9.88. The fourth-order valence-electron chi connectivity index (χ4n) is 4.75. The molecule has 6 aromatic rings. The molecule has 0 bridgehead atoms. The van der Waals surface area contributed by atoms with E-state index in [1.54, 1.807) is 6.20 Å². The Bertz CT molecular complexity index is 1870. The van der Waals surface area contributed by atoms with Crippen LogP contribution in [0.4, 0.5) is 0 Å². The number of benzene rings is 3. The van der Waals surface area contributed by atoms with Crippen LogP contribution in [0.25, 0.3) is 39.0 Å². The number of ether oxygens (including phenoxy) is 1. The molecule has 0 atom stereocenters. The molecular weight excluding hydrogens is 665 g/mol. The van der Waals surface area contributed by atoms with Gasteiger partial charge in [0.05, 0.1) is 11.9 Å². The summed E-state index contributed by atoms with van der Waals surface area (Å²) < 4.78 is 10.2. The minimum atomic E-state index is -0.0414. The van der Waals surface area contributed by atoms with E-state index < -0.39 is 0 Å². The Morgan fingerprint density at radius 2 is 1.72 bits per heavy atom. The molecule has 0 spiro atoms. The first kappa shape index (κ1) is 26.4. The van der Waals surface area contributed by atoms with Gasteiger partial charge in [-0.25, -0.2) is 4.98 Å². The van der Waals surface area contributed by atoms with Gasteiger partial charge in [0, 0.05) is 48.2 Å². The zero-order chi connectivity index (χ0) is 26.4. The Morgan fingerprint density at radius 3 is 2.46 bits per heavy atom. The zero-order valence-corrected chi connectivity index (χ0v) is 24.2. The van der Waals surface area contributed by atoms with Crippen molar-refractivity contribution in [3.63, 3.8) is 0 Å². The van der Waals surface area contributed by atoms with E-state index >= 15 is 0 Å². The van der Waals surface area contributed by atoms with Crippen molar-refractivity contribution >= 4 is 21.8 Å². The third-order valence-corrected chi connectivity index (χ3v) is 6.69. The third kappa shape index (κ3) is 4.75. The van der Waals surface area contributed by atoms with Crippen LogP contribution in [0.5, 0.6) is 11.5 Å². The van der Waals surface area contributed by atoms with E-state index in [4.69, 9.17) is 9.72 Å². The van der Waals surface area contributed by atoms with Crippen molar-refractivity contribution in [2.24, 2.45) is 7.05 Å². The van der Waals surface area contributed by atoms with E-state index in [1.807, 2.05) is 78.6 Å². The molecule has 0 aliphatic heterocycles. The van der Waals surface area contributed by atoms with Crippen LogP contribution >= 0.6 is 0 Å². The summed E-state index contributed by atoms with van der Waals surface area (Å²) in [6.45, 7) is 6.54. The second kappa shape index (κ2) is 10.2. The number of rotatable bonds is 4. The normalized spacial score (nSPS) is 11.4. The molecular formula is C32H25N5OPt. The van der Waals surface area contributed by atoms with Crippen molar-refractivity contribution in [2.45, 2.75) is 26.2 Å². The van der Waals surface area contributed by atoms with Crippen molar-refractivity contribution < 1.29 is 25.8 Å². The molecule has 3 aromatic carbocycles. The molecule has 0 unspecified atom stereocenters. The van der Waals surface area contributed by atoms with Gasteiger partial charge in [-0.05, 0) is 40.6 Å². The standard InChI is InChI=1S/C32H25N5O.Pt/c1-32(2,3)23-13-14-34-29(18-23)37-27-10-6-8-22(20-33)30(27)26-12-11-25(19-28(26)37)38-24-9-5-7-21(17-24)31-35-15-16-36(31)4;/h5-16,18H,1-4H3;/q-2;+2. The van der Waals surface area contributed by atoms with Gasteiger partial charge in [0.2, 0.25) is 0 Å². The van der Waals surface area contributed by atoms with Crippen LogP contribution in [0.2, 0.25) is 0 Å². The Balaban J connectivity index is 0.00000308. The van der Waals surface area contributed by atoms with Gasteiger partial charge in [0.25, 0.3) is 0 Å². The smallest absolute Gasteiger partial charge is 0.503 e. The van der Waals surface area contributed by atoms with Gasteiger partial charge in [-0.1, -0.05) is 38.4 Å². The molecule has 7 heteroatoms. The zero-order valence-electron chi connectivity index (χ0n) is 22.0. The van der Waals surface area contributed by atoms with Crippen molar-refractivity contribution in [3.05, 3.63) is 103 Å². The van der Waals surface area contributed by atoms with E-state index in [-0.39, 0.29) is 26.5 Å². The van der Waals surface area contributed by atoms with Gasteiger partial charge in [0.15, 0.2) is 0 Å². The molecule has 6 rings (SSSR count). The van der Waals surface area contributed by atoms with Gasteiger partial charge in [-0.2, -0.15) is 11.3 Å². The summed E-state index contributed by atoms with van der Waals surface area (Å²) >= 11 is 0. The average Bonchev–Trinajstić information content (AvgIpc) is 3.49. The number of hydrogen-bond acceptors (Lipinski definition) is 4. The minimum absolute atomic E-state index is 0. The van der Waals surface area contributed by atoms with Crippen LogP contribution in [0, 0.1) is 23.5 Å². The summed E-state index contributed by atoms with van der Waals surface area (Å²) in [6, 6.07) is 28.6. The molecule has 3 aromatic heterocycles. The molecule has 3 heterocycles. The first-order valence-corrected chi connectivity index (χ1v) is 12.4. The topological polar surface area (TPSA) is 68.7 Å². The number of aromatic nitrogens is 4. The van der Waals surface area contributed by atoms with Crippen LogP contribution in [-0.4, -0.2) is 19.1 Å². The van der Waals surface area contributed by atoms with Crippen molar-refractivity contribution in [1.82, 2.24) is 19.1 Å². The summed E-state index contributed by atoms with van der Waals surface area (Å²) in [5.41, 5.74) is 4.26. The number of nitriles is 1. The Hall–Kier alpha value is -4.20. The fraction of sp³-hybridized carbons (Fsp3) is 0.156. The van der Waals surface area contributed by atoms with Crippen molar-refractivity contribution in [3.8, 4) is 34.8 Å².